The summed E-state index contributed by atoms with van der Waals surface area (Å²) in [4.78, 5) is 2.15. The van der Waals surface area contributed by atoms with Gasteiger partial charge in [-0.3, -0.25) is 0 Å². The summed E-state index contributed by atoms with van der Waals surface area (Å²) in [6.07, 6.45) is 8.44. The topological polar surface area (TPSA) is 15.3 Å². The largest absolute Gasteiger partial charge is 0.378 e. The van der Waals surface area contributed by atoms with Crippen LogP contribution in [0.25, 0.3) is 0 Å². The summed E-state index contributed by atoms with van der Waals surface area (Å²) >= 11 is 0. The number of rotatable bonds is 5. The van der Waals surface area contributed by atoms with E-state index in [1.54, 1.807) is 0 Å². The van der Waals surface area contributed by atoms with E-state index in [9.17, 15) is 0 Å². The molecule has 0 aliphatic heterocycles. The molecular weight excluding hydrogens is 232 g/mol. The molecule has 1 atom stereocenters. The third-order valence-electron chi connectivity index (χ3n) is 4.45. The molecule has 0 amide bonds. The molecule has 1 unspecified atom stereocenters. The van der Waals surface area contributed by atoms with Gasteiger partial charge in [0, 0.05) is 25.8 Å². The number of anilines is 1. The van der Waals surface area contributed by atoms with Gasteiger partial charge in [-0.25, -0.2) is 0 Å². The van der Waals surface area contributed by atoms with Crippen molar-refractivity contribution in [2.24, 2.45) is 5.92 Å². The fourth-order valence-corrected chi connectivity index (χ4v) is 3.18. The van der Waals surface area contributed by atoms with Crippen molar-refractivity contribution in [1.82, 2.24) is 5.32 Å². The van der Waals surface area contributed by atoms with Gasteiger partial charge in [0.1, 0.15) is 0 Å². The van der Waals surface area contributed by atoms with Crippen LogP contribution < -0.4 is 10.2 Å². The highest BCUT2D eigenvalue weighted by atomic mass is 15.1. The molecule has 19 heavy (non-hydrogen) atoms. The van der Waals surface area contributed by atoms with Crippen molar-refractivity contribution >= 4 is 5.69 Å². The van der Waals surface area contributed by atoms with Crippen molar-refractivity contribution < 1.29 is 0 Å². The van der Waals surface area contributed by atoms with E-state index in [4.69, 9.17) is 0 Å². The van der Waals surface area contributed by atoms with Gasteiger partial charge in [0.2, 0.25) is 0 Å². The minimum Gasteiger partial charge on any atom is -0.378 e. The minimum atomic E-state index is 0.513. The Labute approximate surface area is 118 Å². The fourth-order valence-electron chi connectivity index (χ4n) is 3.18. The Morgan fingerprint density at radius 3 is 2.26 bits per heavy atom. The molecular formula is C17H28N2. The standard InChI is InChI=1S/C17H28N2/c1-18-17(13-14-7-5-4-6-8-14)15-9-11-16(12-10-15)19(2)3/h9-12,14,17-18H,4-8,13H2,1-3H3. The minimum absolute atomic E-state index is 0.513. The summed E-state index contributed by atoms with van der Waals surface area (Å²) in [5, 5.41) is 3.50. The predicted octanol–water partition coefficient (Wildman–Crippen LogP) is 3.98. The van der Waals surface area contributed by atoms with Crippen LogP contribution in [-0.4, -0.2) is 21.1 Å². The molecule has 106 valence electrons. The van der Waals surface area contributed by atoms with Crippen LogP contribution in [0.2, 0.25) is 0 Å². The SMILES string of the molecule is CNC(CC1CCCCC1)c1ccc(N(C)C)cc1. The predicted molar refractivity (Wildman–Crippen MR) is 83.8 cm³/mol. The zero-order chi connectivity index (χ0) is 13.7. The molecule has 0 bridgehead atoms. The lowest BCUT2D eigenvalue weighted by Gasteiger charge is -2.27. The van der Waals surface area contributed by atoms with Crippen molar-refractivity contribution in [1.29, 1.82) is 0 Å². The summed E-state index contributed by atoms with van der Waals surface area (Å²) < 4.78 is 0. The van der Waals surface area contributed by atoms with Gasteiger partial charge in [-0.05, 0) is 37.1 Å². The van der Waals surface area contributed by atoms with E-state index in [0.717, 1.165) is 5.92 Å². The molecule has 1 saturated carbocycles. The smallest absolute Gasteiger partial charge is 0.0361 e. The molecule has 0 radical (unpaired) electrons. The average molecular weight is 260 g/mol. The summed E-state index contributed by atoms with van der Waals surface area (Å²) in [6.45, 7) is 0. The number of benzene rings is 1. The molecule has 1 aromatic rings. The van der Waals surface area contributed by atoms with Crippen LogP contribution in [0, 0.1) is 5.92 Å². The Morgan fingerprint density at radius 1 is 1.11 bits per heavy atom. The summed E-state index contributed by atoms with van der Waals surface area (Å²) in [5.41, 5.74) is 2.70. The first kappa shape index (κ1) is 14.4. The number of hydrogen-bond acceptors (Lipinski definition) is 2. The zero-order valence-electron chi connectivity index (χ0n) is 12.7. The van der Waals surface area contributed by atoms with Crippen molar-refractivity contribution in [3.05, 3.63) is 29.8 Å². The number of hydrogen-bond donors (Lipinski definition) is 1. The first-order chi connectivity index (χ1) is 9.20. The summed E-state index contributed by atoms with van der Waals surface area (Å²) in [6, 6.07) is 9.51. The third-order valence-corrected chi connectivity index (χ3v) is 4.45. The van der Waals surface area contributed by atoms with Gasteiger partial charge in [0.15, 0.2) is 0 Å². The molecule has 2 nitrogen and oxygen atoms in total. The Morgan fingerprint density at radius 2 is 1.74 bits per heavy atom. The first-order valence-corrected chi connectivity index (χ1v) is 7.65. The maximum Gasteiger partial charge on any atom is 0.0361 e. The van der Waals surface area contributed by atoms with E-state index in [0.29, 0.717) is 6.04 Å². The number of nitrogens with one attached hydrogen (secondary N) is 1. The van der Waals surface area contributed by atoms with Crippen LogP contribution in [-0.2, 0) is 0 Å². The van der Waals surface area contributed by atoms with Gasteiger partial charge in [0.05, 0.1) is 0 Å². The van der Waals surface area contributed by atoms with Gasteiger partial charge >= 0.3 is 0 Å². The first-order valence-electron chi connectivity index (χ1n) is 7.65. The van der Waals surface area contributed by atoms with E-state index in [1.165, 1.54) is 49.8 Å². The molecule has 1 N–H and O–H groups in total. The van der Waals surface area contributed by atoms with E-state index in [2.05, 4.69) is 55.6 Å². The van der Waals surface area contributed by atoms with Crippen LogP contribution in [0.5, 0.6) is 0 Å². The van der Waals surface area contributed by atoms with Crippen LogP contribution >= 0.6 is 0 Å². The van der Waals surface area contributed by atoms with E-state index in [1.807, 2.05) is 0 Å². The maximum absolute atomic E-state index is 3.50. The monoisotopic (exact) mass is 260 g/mol. The van der Waals surface area contributed by atoms with Crippen molar-refractivity contribution in [2.45, 2.75) is 44.6 Å². The van der Waals surface area contributed by atoms with Crippen LogP contribution in [0.15, 0.2) is 24.3 Å². The van der Waals surface area contributed by atoms with E-state index < -0.39 is 0 Å². The molecule has 0 saturated heterocycles. The Hall–Kier alpha value is -1.02. The molecule has 1 aromatic carbocycles. The van der Waals surface area contributed by atoms with Crippen LogP contribution in [0.3, 0.4) is 0 Å². The quantitative estimate of drug-likeness (QED) is 0.861. The van der Waals surface area contributed by atoms with Crippen LogP contribution in [0.4, 0.5) is 5.69 Å². The normalized spacial score (nSPS) is 18.3. The Balaban J connectivity index is 1.99. The average Bonchev–Trinajstić information content (AvgIpc) is 2.46. The van der Waals surface area contributed by atoms with Crippen molar-refractivity contribution in [3.8, 4) is 0 Å². The lowest BCUT2D eigenvalue weighted by molar-refractivity contribution is 0.306. The van der Waals surface area contributed by atoms with Crippen LogP contribution in [0.1, 0.15) is 50.1 Å². The van der Waals surface area contributed by atoms with Crippen molar-refractivity contribution in [3.63, 3.8) is 0 Å². The zero-order valence-corrected chi connectivity index (χ0v) is 12.7. The highest BCUT2D eigenvalue weighted by Gasteiger charge is 2.19. The van der Waals surface area contributed by atoms with E-state index in [-0.39, 0.29) is 0 Å². The van der Waals surface area contributed by atoms with Gasteiger partial charge < -0.3 is 10.2 Å². The summed E-state index contributed by atoms with van der Waals surface area (Å²) in [7, 11) is 6.27. The molecule has 0 heterocycles. The molecule has 2 rings (SSSR count). The second-order valence-corrected chi connectivity index (χ2v) is 6.07. The Bertz CT molecular complexity index is 363. The van der Waals surface area contributed by atoms with Gasteiger partial charge in [0.25, 0.3) is 0 Å². The van der Waals surface area contributed by atoms with Crippen molar-refractivity contribution in [2.75, 3.05) is 26.0 Å². The van der Waals surface area contributed by atoms with E-state index >= 15 is 0 Å². The second-order valence-electron chi connectivity index (χ2n) is 6.07. The highest BCUT2D eigenvalue weighted by Crippen LogP contribution is 2.32. The third kappa shape index (κ3) is 3.97. The molecule has 1 aliphatic rings. The molecule has 0 aromatic heterocycles. The molecule has 2 heteroatoms. The Kier molecular flexibility index (Phi) is 5.26. The maximum atomic E-state index is 3.50. The van der Waals surface area contributed by atoms with Gasteiger partial charge in [-0.1, -0.05) is 44.2 Å². The van der Waals surface area contributed by atoms with Gasteiger partial charge in [-0.2, -0.15) is 0 Å². The second kappa shape index (κ2) is 6.95. The number of nitrogens with zero attached hydrogens (tertiary/aromatic N) is 1. The molecule has 0 spiro atoms. The van der Waals surface area contributed by atoms with Gasteiger partial charge in [-0.15, -0.1) is 0 Å². The molecule has 1 aliphatic carbocycles. The lowest BCUT2D eigenvalue weighted by Crippen LogP contribution is -2.21. The molecule has 1 fully saturated rings. The summed E-state index contributed by atoms with van der Waals surface area (Å²) in [5.74, 6) is 0.916. The lowest BCUT2D eigenvalue weighted by atomic mass is 9.83. The highest BCUT2D eigenvalue weighted by molar-refractivity contribution is 5.46. The fraction of sp³-hybridized carbons (Fsp3) is 0.647.